The third-order valence-electron chi connectivity index (χ3n) is 2.05. The van der Waals surface area contributed by atoms with Gasteiger partial charge in [0.15, 0.2) is 6.61 Å². The summed E-state index contributed by atoms with van der Waals surface area (Å²) in [6.45, 7) is -0.589. The number of anilines is 1. The van der Waals surface area contributed by atoms with Crippen molar-refractivity contribution >= 4 is 35.2 Å². The van der Waals surface area contributed by atoms with Crippen molar-refractivity contribution in [2.75, 3.05) is 19.4 Å². The summed E-state index contributed by atoms with van der Waals surface area (Å²) in [5, 5.41) is 4.51. The van der Waals surface area contributed by atoms with Gasteiger partial charge in [-0.05, 0) is 18.2 Å². The van der Waals surface area contributed by atoms with Crippen LogP contribution in [-0.4, -0.2) is 31.6 Å². The molecule has 0 aromatic heterocycles. The zero-order valence-corrected chi connectivity index (χ0v) is 10.8. The average molecular weight is 286 g/mol. The van der Waals surface area contributed by atoms with E-state index in [0.29, 0.717) is 5.02 Å². The molecular weight excluding hydrogens is 274 g/mol. The molecule has 8 heteroatoms. The number of rotatable bonds is 3. The van der Waals surface area contributed by atoms with E-state index in [-0.39, 0.29) is 11.3 Å². The first-order chi connectivity index (χ1) is 8.93. The Bertz CT molecular complexity index is 519. The van der Waals surface area contributed by atoms with Gasteiger partial charge >= 0.3 is 12.0 Å². The second kappa shape index (κ2) is 6.60. The number of hydrogen-bond acceptors (Lipinski definition) is 5. The smallest absolute Gasteiger partial charge is 0.340 e. The Balaban J connectivity index is 2.56. The molecule has 1 aromatic rings. The Morgan fingerprint density at radius 2 is 2.05 bits per heavy atom. The molecule has 0 saturated heterocycles. The maximum atomic E-state index is 11.6. The summed E-state index contributed by atoms with van der Waals surface area (Å²) < 4.78 is 4.70. The summed E-state index contributed by atoms with van der Waals surface area (Å²) >= 11 is 5.68. The molecule has 19 heavy (non-hydrogen) atoms. The number of hydrogen-bond donors (Lipinski definition) is 3. The first kappa shape index (κ1) is 14.8. The van der Waals surface area contributed by atoms with Crippen molar-refractivity contribution in [1.82, 2.24) is 10.6 Å². The van der Waals surface area contributed by atoms with Crippen LogP contribution < -0.4 is 16.4 Å². The molecule has 0 unspecified atom stereocenters. The highest BCUT2D eigenvalue weighted by atomic mass is 35.5. The fourth-order valence-electron chi connectivity index (χ4n) is 1.15. The lowest BCUT2D eigenvalue weighted by atomic mass is 10.2. The number of esters is 1. The van der Waals surface area contributed by atoms with Crippen molar-refractivity contribution in [1.29, 1.82) is 0 Å². The minimum absolute atomic E-state index is 0.0946. The highest BCUT2D eigenvalue weighted by molar-refractivity contribution is 6.31. The second-order valence-corrected chi connectivity index (χ2v) is 3.87. The fraction of sp³-hybridized carbons (Fsp3) is 0.182. The van der Waals surface area contributed by atoms with Crippen molar-refractivity contribution in [3.63, 3.8) is 0 Å². The molecule has 0 spiro atoms. The third kappa shape index (κ3) is 4.47. The van der Waals surface area contributed by atoms with Crippen molar-refractivity contribution in [3.8, 4) is 0 Å². The highest BCUT2D eigenvalue weighted by Crippen LogP contribution is 2.18. The van der Waals surface area contributed by atoms with Crippen LogP contribution in [0.3, 0.4) is 0 Å². The van der Waals surface area contributed by atoms with Crippen molar-refractivity contribution in [2.24, 2.45) is 0 Å². The number of ether oxygens (including phenoxy) is 1. The van der Waals surface area contributed by atoms with Gasteiger partial charge in [0.05, 0.1) is 5.56 Å². The Labute approximate surface area is 114 Å². The van der Waals surface area contributed by atoms with Gasteiger partial charge in [-0.15, -0.1) is 0 Å². The van der Waals surface area contributed by atoms with Gasteiger partial charge in [-0.25, -0.2) is 9.59 Å². The molecule has 0 fully saturated rings. The van der Waals surface area contributed by atoms with E-state index in [1.54, 1.807) is 0 Å². The number of carbonyl (C=O) groups excluding carboxylic acids is 3. The number of nitrogens with one attached hydrogen (secondary N) is 2. The average Bonchev–Trinajstić information content (AvgIpc) is 2.35. The van der Waals surface area contributed by atoms with Gasteiger partial charge in [0.2, 0.25) is 0 Å². The zero-order chi connectivity index (χ0) is 14.4. The summed E-state index contributed by atoms with van der Waals surface area (Å²) in [4.78, 5) is 33.6. The van der Waals surface area contributed by atoms with Crippen LogP contribution in [-0.2, 0) is 9.53 Å². The molecule has 0 radical (unpaired) electrons. The predicted molar refractivity (Wildman–Crippen MR) is 68.7 cm³/mol. The largest absolute Gasteiger partial charge is 0.452 e. The number of nitrogens with two attached hydrogens (primary N) is 1. The zero-order valence-electron chi connectivity index (χ0n) is 10.0. The first-order valence-electron chi connectivity index (χ1n) is 5.17. The molecule has 1 aromatic carbocycles. The SMILES string of the molecule is CNC(=O)NC(=O)COC(=O)c1ccc(Cl)cc1N. The summed E-state index contributed by atoms with van der Waals surface area (Å²) in [5.74, 6) is -1.53. The molecule has 4 N–H and O–H groups in total. The van der Waals surface area contributed by atoms with Gasteiger partial charge in [0, 0.05) is 17.8 Å². The molecule has 0 atom stereocenters. The summed E-state index contributed by atoms with van der Waals surface area (Å²) in [6, 6.07) is 3.56. The van der Waals surface area contributed by atoms with Crippen molar-refractivity contribution < 1.29 is 19.1 Å². The number of urea groups is 1. The van der Waals surface area contributed by atoms with Gasteiger partial charge in [-0.2, -0.15) is 0 Å². The van der Waals surface area contributed by atoms with Crippen molar-refractivity contribution in [2.45, 2.75) is 0 Å². The quantitative estimate of drug-likeness (QED) is 0.554. The monoisotopic (exact) mass is 285 g/mol. The topological polar surface area (TPSA) is 111 Å². The van der Waals surface area contributed by atoms with Gasteiger partial charge in [-0.3, -0.25) is 10.1 Å². The molecule has 1 rings (SSSR count). The van der Waals surface area contributed by atoms with Gasteiger partial charge in [0.1, 0.15) is 0 Å². The van der Waals surface area contributed by atoms with Gasteiger partial charge < -0.3 is 15.8 Å². The lowest BCUT2D eigenvalue weighted by molar-refractivity contribution is -0.123. The molecule has 0 aliphatic rings. The Kier molecular flexibility index (Phi) is 5.13. The molecule has 0 aliphatic carbocycles. The minimum Gasteiger partial charge on any atom is -0.452 e. The second-order valence-electron chi connectivity index (χ2n) is 3.44. The lowest BCUT2D eigenvalue weighted by Gasteiger charge is -2.07. The van der Waals surface area contributed by atoms with Crippen molar-refractivity contribution in [3.05, 3.63) is 28.8 Å². The van der Waals surface area contributed by atoms with E-state index in [2.05, 4.69) is 5.32 Å². The molecule has 0 saturated carbocycles. The van der Waals surface area contributed by atoms with Gasteiger partial charge in [-0.1, -0.05) is 11.6 Å². The number of nitrogen functional groups attached to an aromatic ring is 1. The summed E-state index contributed by atoms with van der Waals surface area (Å²) in [6.07, 6.45) is 0. The molecule has 7 nitrogen and oxygen atoms in total. The number of benzene rings is 1. The molecule has 102 valence electrons. The maximum Gasteiger partial charge on any atom is 0.340 e. The number of imide groups is 1. The van der Waals surface area contributed by atoms with Crippen LogP contribution in [0.2, 0.25) is 5.02 Å². The summed E-state index contributed by atoms with van der Waals surface area (Å²) in [5.41, 5.74) is 5.82. The van der Waals surface area contributed by atoms with E-state index >= 15 is 0 Å². The molecular formula is C11H12ClN3O4. The van der Waals surface area contributed by atoms with Crippen LogP contribution in [0.5, 0.6) is 0 Å². The standard InChI is InChI=1S/C11H12ClN3O4/c1-14-11(18)15-9(16)5-19-10(17)7-3-2-6(12)4-8(7)13/h2-4H,5,13H2,1H3,(H2,14,15,16,18). The lowest BCUT2D eigenvalue weighted by Crippen LogP contribution is -2.39. The Morgan fingerprint density at radius 1 is 1.37 bits per heavy atom. The van der Waals surface area contributed by atoms with Crippen LogP contribution in [0.1, 0.15) is 10.4 Å². The molecule has 0 heterocycles. The molecule has 0 bridgehead atoms. The Hall–Kier alpha value is -2.28. The van der Waals surface area contributed by atoms with E-state index in [1.165, 1.54) is 25.2 Å². The van der Waals surface area contributed by atoms with Gasteiger partial charge in [0.25, 0.3) is 5.91 Å². The van der Waals surface area contributed by atoms with Crippen LogP contribution in [0, 0.1) is 0 Å². The minimum atomic E-state index is -0.777. The Morgan fingerprint density at radius 3 is 2.63 bits per heavy atom. The van der Waals surface area contributed by atoms with E-state index in [1.807, 2.05) is 5.32 Å². The van der Waals surface area contributed by atoms with Crippen LogP contribution in [0.15, 0.2) is 18.2 Å². The number of amides is 3. The fourth-order valence-corrected chi connectivity index (χ4v) is 1.33. The first-order valence-corrected chi connectivity index (χ1v) is 5.55. The van der Waals surface area contributed by atoms with E-state index < -0.39 is 24.5 Å². The maximum absolute atomic E-state index is 11.6. The predicted octanol–water partition coefficient (Wildman–Crippen LogP) is 0.535. The normalized spacial score (nSPS) is 9.58. The molecule has 3 amide bonds. The van der Waals surface area contributed by atoms with E-state index in [0.717, 1.165) is 0 Å². The number of carbonyl (C=O) groups is 3. The van der Waals surface area contributed by atoms with E-state index in [9.17, 15) is 14.4 Å². The third-order valence-corrected chi connectivity index (χ3v) is 2.28. The van der Waals surface area contributed by atoms with E-state index in [4.69, 9.17) is 22.1 Å². The molecule has 0 aliphatic heterocycles. The van der Waals surface area contributed by atoms with Crippen LogP contribution in [0.4, 0.5) is 10.5 Å². The van der Waals surface area contributed by atoms with Crippen LogP contribution >= 0.6 is 11.6 Å². The summed E-state index contributed by atoms with van der Waals surface area (Å²) in [7, 11) is 1.35. The van der Waals surface area contributed by atoms with Crippen LogP contribution in [0.25, 0.3) is 0 Å². The highest BCUT2D eigenvalue weighted by Gasteiger charge is 2.14. The number of halogens is 1.